The van der Waals surface area contributed by atoms with Crippen LogP contribution in [0.15, 0.2) is 89.8 Å². The zero-order chi connectivity index (χ0) is 21.7. The third-order valence-corrected chi connectivity index (χ3v) is 6.04. The van der Waals surface area contributed by atoms with Crippen molar-refractivity contribution in [2.45, 2.75) is 4.90 Å². The van der Waals surface area contributed by atoms with Gasteiger partial charge in [0.2, 0.25) is 5.82 Å². The maximum atomic E-state index is 12.8. The third-order valence-electron chi connectivity index (χ3n) is 4.69. The summed E-state index contributed by atoms with van der Waals surface area (Å²) in [5.74, 6) is 0.199. The molecular weight excluding hydrogens is 412 g/mol. The van der Waals surface area contributed by atoms with Gasteiger partial charge in [0, 0.05) is 12.7 Å². The normalized spacial score (nSPS) is 11.3. The molecule has 8 heteroatoms. The monoisotopic (exact) mass is 434 g/mol. The first kappa shape index (κ1) is 20.6. The van der Waals surface area contributed by atoms with Crippen molar-refractivity contribution >= 4 is 32.6 Å². The lowest BCUT2D eigenvalue weighted by Gasteiger charge is -2.19. The fraction of sp³-hybridized carbons (Fsp3) is 0.130. The van der Waals surface area contributed by atoms with Crippen LogP contribution in [0, 0.1) is 0 Å². The molecule has 0 bridgehead atoms. The van der Waals surface area contributed by atoms with E-state index in [1.165, 1.54) is 12.1 Å². The number of nitrogens with zero attached hydrogens (tertiary/aromatic N) is 3. The van der Waals surface area contributed by atoms with Crippen LogP contribution >= 0.6 is 0 Å². The summed E-state index contributed by atoms with van der Waals surface area (Å²) in [6.45, 7) is 0.891. The van der Waals surface area contributed by atoms with Crippen molar-refractivity contribution < 1.29 is 13.2 Å². The van der Waals surface area contributed by atoms with Gasteiger partial charge in [0.1, 0.15) is 6.61 Å². The SMILES string of the molecule is CN(CCOc1nc2ccccc2nc1NS(=O)(=O)c1ccccc1)c1ccccc1. The molecule has 7 nitrogen and oxygen atoms in total. The molecule has 3 aromatic carbocycles. The van der Waals surface area contributed by atoms with Gasteiger partial charge in [-0.1, -0.05) is 48.5 Å². The van der Waals surface area contributed by atoms with Crippen LogP contribution in [0.1, 0.15) is 0 Å². The second kappa shape index (κ2) is 9.01. The number of anilines is 2. The van der Waals surface area contributed by atoms with Crippen molar-refractivity contribution in [2.75, 3.05) is 29.8 Å². The lowest BCUT2D eigenvalue weighted by Crippen LogP contribution is -2.24. The van der Waals surface area contributed by atoms with Gasteiger partial charge in [-0.15, -0.1) is 0 Å². The molecule has 1 N–H and O–H groups in total. The summed E-state index contributed by atoms with van der Waals surface area (Å²) in [6, 6.07) is 25.3. The van der Waals surface area contributed by atoms with E-state index in [2.05, 4.69) is 14.7 Å². The molecular formula is C23H22N4O3S. The molecule has 0 saturated heterocycles. The van der Waals surface area contributed by atoms with E-state index in [0.717, 1.165) is 5.69 Å². The van der Waals surface area contributed by atoms with Crippen molar-refractivity contribution in [1.82, 2.24) is 9.97 Å². The van der Waals surface area contributed by atoms with Gasteiger partial charge >= 0.3 is 0 Å². The molecule has 31 heavy (non-hydrogen) atoms. The Labute approximate surface area is 181 Å². The van der Waals surface area contributed by atoms with Crippen LogP contribution in [-0.4, -0.2) is 38.6 Å². The largest absolute Gasteiger partial charge is 0.473 e. The first-order valence-electron chi connectivity index (χ1n) is 9.76. The number of likely N-dealkylation sites (N-methyl/N-ethyl adjacent to an activating group) is 1. The number of fused-ring (bicyclic) bond motifs is 1. The van der Waals surface area contributed by atoms with Gasteiger partial charge in [0.25, 0.3) is 15.9 Å². The molecule has 1 aromatic heterocycles. The van der Waals surface area contributed by atoms with Crippen LogP contribution < -0.4 is 14.4 Å². The highest BCUT2D eigenvalue weighted by Crippen LogP contribution is 2.26. The topological polar surface area (TPSA) is 84.4 Å². The van der Waals surface area contributed by atoms with Gasteiger partial charge in [-0.2, -0.15) is 0 Å². The summed E-state index contributed by atoms with van der Waals surface area (Å²) in [5, 5.41) is 0. The molecule has 0 radical (unpaired) electrons. The van der Waals surface area contributed by atoms with E-state index in [0.29, 0.717) is 24.2 Å². The van der Waals surface area contributed by atoms with Crippen molar-refractivity contribution in [3.05, 3.63) is 84.9 Å². The van der Waals surface area contributed by atoms with Crippen LogP contribution in [0.25, 0.3) is 11.0 Å². The van der Waals surface area contributed by atoms with Crippen molar-refractivity contribution in [3.8, 4) is 5.88 Å². The minimum atomic E-state index is -3.83. The average Bonchev–Trinajstić information content (AvgIpc) is 2.80. The van der Waals surface area contributed by atoms with E-state index < -0.39 is 10.0 Å². The third kappa shape index (κ3) is 4.92. The standard InChI is InChI=1S/C23H22N4O3S/c1-27(18-10-4-2-5-11-18)16-17-30-23-22(24-20-14-8-9-15-21(20)25-23)26-31(28,29)19-12-6-3-7-13-19/h2-15H,16-17H2,1H3,(H,24,26). The number of aromatic nitrogens is 2. The lowest BCUT2D eigenvalue weighted by atomic mass is 10.3. The van der Waals surface area contributed by atoms with Gasteiger partial charge < -0.3 is 9.64 Å². The molecule has 4 aromatic rings. The molecule has 0 unspecified atom stereocenters. The molecule has 1 heterocycles. The Morgan fingerprint density at radius 1 is 0.839 bits per heavy atom. The van der Waals surface area contributed by atoms with Gasteiger partial charge in [-0.25, -0.2) is 18.4 Å². The second-order valence-electron chi connectivity index (χ2n) is 6.89. The quantitative estimate of drug-likeness (QED) is 0.452. The maximum absolute atomic E-state index is 12.8. The van der Waals surface area contributed by atoms with E-state index >= 15 is 0 Å². The minimum Gasteiger partial charge on any atom is -0.473 e. The molecule has 0 aliphatic heterocycles. The second-order valence-corrected chi connectivity index (χ2v) is 8.57. The Bertz CT molecular complexity index is 1270. The molecule has 0 aliphatic rings. The zero-order valence-corrected chi connectivity index (χ0v) is 17.8. The van der Waals surface area contributed by atoms with Gasteiger partial charge in [0.15, 0.2) is 0 Å². The highest BCUT2D eigenvalue weighted by atomic mass is 32.2. The number of hydrogen-bond acceptors (Lipinski definition) is 6. The number of ether oxygens (including phenoxy) is 1. The van der Waals surface area contributed by atoms with E-state index in [-0.39, 0.29) is 16.6 Å². The highest BCUT2D eigenvalue weighted by Gasteiger charge is 2.19. The van der Waals surface area contributed by atoms with E-state index in [9.17, 15) is 8.42 Å². The number of hydrogen-bond donors (Lipinski definition) is 1. The van der Waals surface area contributed by atoms with Crippen LogP contribution in [-0.2, 0) is 10.0 Å². The molecule has 0 fully saturated rings. The van der Waals surface area contributed by atoms with Gasteiger partial charge in [-0.3, -0.25) is 4.72 Å². The predicted octanol–water partition coefficient (Wildman–Crippen LogP) is 3.95. The smallest absolute Gasteiger partial charge is 0.263 e. The minimum absolute atomic E-state index is 0.0601. The van der Waals surface area contributed by atoms with E-state index in [1.807, 2.05) is 54.4 Å². The van der Waals surface area contributed by atoms with Gasteiger partial charge in [-0.05, 0) is 36.4 Å². The molecule has 0 amide bonds. The Morgan fingerprint density at radius 3 is 2.10 bits per heavy atom. The van der Waals surface area contributed by atoms with Gasteiger partial charge in [0.05, 0.1) is 22.5 Å². The van der Waals surface area contributed by atoms with E-state index in [1.54, 1.807) is 30.3 Å². The number of nitrogens with one attached hydrogen (secondary N) is 1. The first-order valence-corrected chi connectivity index (χ1v) is 11.2. The van der Waals surface area contributed by atoms with Crippen molar-refractivity contribution in [1.29, 1.82) is 0 Å². The lowest BCUT2D eigenvalue weighted by molar-refractivity contribution is 0.315. The molecule has 0 saturated carbocycles. The Kier molecular flexibility index (Phi) is 5.99. The Morgan fingerprint density at radius 2 is 1.42 bits per heavy atom. The van der Waals surface area contributed by atoms with Crippen LogP contribution in [0.2, 0.25) is 0 Å². The van der Waals surface area contributed by atoms with E-state index in [4.69, 9.17) is 4.74 Å². The van der Waals surface area contributed by atoms with Crippen LogP contribution in [0.5, 0.6) is 5.88 Å². The van der Waals surface area contributed by atoms with Crippen LogP contribution in [0.4, 0.5) is 11.5 Å². The predicted molar refractivity (Wildman–Crippen MR) is 122 cm³/mol. The molecule has 158 valence electrons. The number of rotatable bonds is 8. The summed E-state index contributed by atoms with van der Waals surface area (Å²) in [6.07, 6.45) is 0. The fourth-order valence-electron chi connectivity index (χ4n) is 3.03. The summed E-state index contributed by atoms with van der Waals surface area (Å²) in [4.78, 5) is 11.1. The summed E-state index contributed by atoms with van der Waals surface area (Å²) in [7, 11) is -1.87. The summed E-state index contributed by atoms with van der Waals surface area (Å²) in [5.41, 5.74) is 2.25. The fourth-order valence-corrected chi connectivity index (χ4v) is 4.05. The number of sulfonamides is 1. The molecule has 4 rings (SSSR count). The Hall–Kier alpha value is -3.65. The van der Waals surface area contributed by atoms with Crippen LogP contribution in [0.3, 0.4) is 0 Å². The van der Waals surface area contributed by atoms with Crippen molar-refractivity contribution in [2.24, 2.45) is 0 Å². The molecule has 0 atom stereocenters. The molecule has 0 aliphatic carbocycles. The zero-order valence-electron chi connectivity index (χ0n) is 17.0. The van der Waals surface area contributed by atoms with Crippen molar-refractivity contribution in [3.63, 3.8) is 0 Å². The maximum Gasteiger partial charge on any atom is 0.263 e. The molecule has 0 spiro atoms. The average molecular weight is 435 g/mol. The number of para-hydroxylation sites is 3. The summed E-state index contributed by atoms with van der Waals surface area (Å²) >= 11 is 0. The number of benzene rings is 3. The first-order chi connectivity index (χ1) is 15.0. The summed E-state index contributed by atoms with van der Waals surface area (Å²) < 4.78 is 34.0. The highest BCUT2D eigenvalue weighted by molar-refractivity contribution is 7.92. The Balaban J connectivity index is 1.58.